The summed E-state index contributed by atoms with van der Waals surface area (Å²) < 4.78 is 40.0. The summed E-state index contributed by atoms with van der Waals surface area (Å²) in [4.78, 5) is 0. The SMILES string of the molecule is CCC(CC)(CN)COCC(F)(F)F. The lowest BCUT2D eigenvalue weighted by atomic mass is 9.83. The van der Waals surface area contributed by atoms with E-state index < -0.39 is 12.8 Å². The van der Waals surface area contributed by atoms with Crippen molar-refractivity contribution < 1.29 is 17.9 Å². The van der Waals surface area contributed by atoms with E-state index in [9.17, 15) is 13.2 Å². The van der Waals surface area contributed by atoms with E-state index in [1.807, 2.05) is 13.8 Å². The first kappa shape index (κ1) is 13.7. The van der Waals surface area contributed by atoms with Crippen molar-refractivity contribution in [2.75, 3.05) is 19.8 Å². The number of halogens is 3. The number of nitrogens with two attached hydrogens (primary N) is 1. The molecular weight excluding hydrogens is 195 g/mol. The van der Waals surface area contributed by atoms with Gasteiger partial charge in [0.15, 0.2) is 0 Å². The molecule has 0 aromatic heterocycles. The third-order valence-electron chi connectivity index (χ3n) is 2.61. The maximum atomic E-state index is 11.8. The van der Waals surface area contributed by atoms with E-state index >= 15 is 0 Å². The van der Waals surface area contributed by atoms with Crippen LogP contribution in [0.3, 0.4) is 0 Å². The molecule has 2 N–H and O–H groups in total. The van der Waals surface area contributed by atoms with Crippen LogP contribution >= 0.6 is 0 Å². The number of hydrogen-bond donors (Lipinski definition) is 1. The Bertz CT molecular complexity index is 146. The highest BCUT2D eigenvalue weighted by atomic mass is 19.4. The molecule has 0 aromatic rings. The van der Waals surface area contributed by atoms with Gasteiger partial charge >= 0.3 is 6.18 Å². The van der Waals surface area contributed by atoms with Crippen LogP contribution in [0.4, 0.5) is 13.2 Å². The Hall–Kier alpha value is -0.290. The number of ether oxygens (including phenoxy) is 1. The fourth-order valence-corrected chi connectivity index (χ4v) is 1.18. The van der Waals surface area contributed by atoms with Gasteiger partial charge in [-0.15, -0.1) is 0 Å². The van der Waals surface area contributed by atoms with Crippen LogP contribution in [0.2, 0.25) is 0 Å². The van der Waals surface area contributed by atoms with Gasteiger partial charge in [-0.3, -0.25) is 0 Å². The van der Waals surface area contributed by atoms with Crippen molar-refractivity contribution in [2.45, 2.75) is 32.9 Å². The molecule has 86 valence electrons. The summed E-state index contributed by atoms with van der Waals surface area (Å²) in [6.45, 7) is 3.07. The zero-order chi connectivity index (χ0) is 11.2. The minimum Gasteiger partial charge on any atom is -0.371 e. The molecule has 0 rings (SSSR count). The van der Waals surface area contributed by atoms with Crippen LogP contribution in [-0.4, -0.2) is 25.9 Å². The number of alkyl halides is 3. The molecule has 5 heteroatoms. The molecule has 0 atom stereocenters. The molecule has 0 aromatic carbocycles. The zero-order valence-corrected chi connectivity index (χ0v) is 8.66. The van der Waals surface area contributed by atoms with Crippen LogP contribution in [0.25, 0.3) is 0 Å². The van der Waals surface area contributed by atoms with E-state index in [0.717, 1.165) is 12.8 Å². The average Bonchev–Trinajstić information content (AvgIpc) is 2.11. The predicted molar refractivity (Wildman–Crippen MR) is 48.9 cm³/mol. The lowest BCUT2D eigenvalue weighted by Gasteiger charge is -2.29. The van der Waals surface area contributed by atoms with Crippen molar-refractivity contribution in [3.05, 3.63) is 0 Å². The van der Waals surface area contributed by atoms with E-state index in [1.54, 1.807) is 0 Å². The summed E-state index contributed by atoms with van der Waals surface area (Å²) in [5, 5.41) is 0. The minimum absolute atomic E-state index is 0.0794. The van der Waals surface area contributed by atoms with Crippen LogP contribution < -0.4 is 5.73 Å². The Morgan fingerprint density at radius 1 is 1.07 bits per heavy atom. The monoisotopic (exact) mass is 213 g/mol. The van der Waals surface area contributed by atoms with Gasteiger partial charge in [-0.25, -0.2) is 0 Å². The lowest BCUT2D eigenvalue weighted by molar-refractivity contribution is -0.180. The van der Waals surface area contributed by atoms with Crippen molar-refractivity contribution in [3.63, 3.8) is 0 Å². The summed E-state index contributed by atoms with van der Waals surface area (Å²) in [6.07, 6.45) is -2.78. The molecule has 0 unspecified atom stereocenters. The number of rotatable bonds is 6. The molecule has 0 fully saturated rings. The molecule has 0 radical (unpaired) electrons. The molecule has 0 saturated carbocycles. The molecule has 0 aliphatic heterocycles. The lowest BCUT2D eigenvalue weighted by Crippen LogP contribution is -2.35. The molecule has 0 spiro atoms. The molecule has 0 aliphatic carbocycles. The van der Waals surface area contributed by atoms with Gasteiger partial charge < -0.3 is 10.5 Å². The Kier molecular flexibility index (Phi) is 5.44. The molecular formula is C9H18F3NO. The highest BCUT2D eigenvalue weighted by molar-refractivity contribution is 4.77. The highest BCUT2D eigenvalue weighted by Crippen LogP contribution is 2.26. The van der Waals surface area contributed by atoms with Crippen molar-refractivity contribution in [3.8, 4) is 0 Å². The summed E-state index contributed by atoms with van der Waals surface area (Å²) >= 11 is 0. The second-order valence-corrected chi connectivity index (χ2v) is 3.52. The van der Waals surface area contributed by atoms with E-state index in [0.29, 0.717) is 6.54 Å². The van der Waals surface area contributed by atoms with Crippen molar-refractivity contribution in [1.82, 2.24) is 0 Å². The normalized spacial score (nSPS) is 13.3. The van der Waals surface area contributed by atoms with E-state index in [-0.39, 0.29) is 12.0 Å². The fourth-order valence-electron chi connectivity index (χ4n) is 1.18. The van der Waals surface area contributed by atoms with Crippen molar-refractivity contribution >= 4 is 0 Å². The first-order chi connectivity index (χ1) is 6.39. The maximum absolute atomic E-state index is 11.8. The summed E-state index contributed by atoms with van der Waals surface area (Å²) in [5.41, 5.74) is 5.22. The van der Waals surface area contributed by atoms with Crippen LogP contribution in [0.1, 0.15) is 26.7 Å². The minimum atomic E-state index is -4.25. The van der Waals surface area contributed by atoms with E-state index in [1.165, 1.54) is 0 Å². The van der Waals surface area contributed by atoms with Gasteiger partial charge in [-0.2, -0.15) is 13.2 Å². The van der Waals surface area contributed by atoms with Gasteiger partial charge in [0.25, 0.3) is 0 Å². The third kappa shape index (κ3) is 4.81. The summed E-state index contributed by atoms with van der Waals surface area (Å²) in [6, 6.07) is 0. The first-order valence-corrected chi connectivity index (χ1v) is 4.73. The van der Waals surface area contributed by atoms with E-state index in [2.05, 4.69) is 4.74 Å². The van der Waals surface area contributed by atoms with Gasteiger partial charge in [-0.05, 0) is 12.8 Å². The van der Waals surface area contributed by atoms with Crippen LogP contribution in [-0.2, 0) is 4.74 Å². The quantitative estimate of drug-likeness (QED) is 0.735. The topological polar surface area (TPSA) is 35.2 Å². The zero-order valence-electron chi connectivity index (χ0n) is 8.66. The van der Waals surface area contributed by atoms with E-state index in [4.69, 9.17) is 5.73 Å². The van der Waals surface area contributed by atoms with Crippen molar-refractivity contribution in [2.24, 2.45) is 11.1 Å². The molecule has 2 nitrogen and oxygen atoms in total. The summed E-state index contributed by atoms with van der Waals surface area (Å²) in [7, 11) is 0. The van der Waals surface area contributed by atoms with Crippen LogP contribution in [0.5, 0.6) is 0 Å². The predicted octanol–water partition coefficient (Wildman–Crippen LogP) is 2.33. The molecule has 14 heavy (non-hydrogen) atoms. The van der Waals surface area contributed by atoms with Gasteiger partial charge in [0.2, 0.25) is 0 Å². The standard InChI is InChI=1S/C9H18F3NO/c1-3-8(4-2,5-13)6-14-7-9(10,11)12/h3-7,13H2,1-2H3. The molecule has 0 bridgehead atoms. The van der Waals surface area contributed by atoms with Crippen LogP contribution in [0, 0.1) is 5.41 Å². The largest absolute Gasteiger partial charge is 0.411 e. The molecule has 0 aliphatic rings. The Morgan fingerprint density at radius 3 is 1.86 bits per heavy atom. The second-order valence-electron chi connectivity index (χ2n) is 3.52. The molecule has 0 amide bonds. The smallest absolute Gasteiger partial charge is 0.371 e. The van der Waals surface area contributed by atoms with Gasteiger partial charge in [-0.1, -0.05) is 13.8 Å². The number of hydrogen-bond acceptors (Lipinski definition) is 2. The third-order valence-corrected chi connectivity index (χ3v) is 2.61. The molecule has 0 heterocycles. The fraction of sp³-hybridized carbons (Fsp3) is 1.00. The maximum Gasteiger partial charge on any atom is 0.411 e. The van der Waals surface area contributed by atoms with Crippen molar-refractivity contribution in [1.29, 1.82) is 0 Å². The Morgan fingerprint density at radius 2 is 1.57 bits per heavy atom. The average molecular weight is 213 g/mol. The first-order valence-electron chi connectivity index (χ1n) is 4.73. The van der Waals surface area contributed by atoms with Gasteiger partial charge in [0.05, 0.1) is 6.61 Å². The summed E-state index contributed by atoms with van der Waals surface area (Å²) in [5.74, 6) is 0. The Labute approximate surface area is 82.6 Å². The van der Waals surface area contributed by atoms with Gasteiger partial charge in [0.1, 0.15) is 6.61 Å². The highest BCUT2D eigenvalue weighted by Gasteiger charge is 2.30. The van der Waals surface area contributed by atoms with Crippen LogP contribution in [0.15, 0.2) is 0 Å². The van der Waals surface area contributed by atoms with Gasteiger partial charge in [0, 0.05) is 12.0 Å². The second kappa shape index (κ2) is 5.56. The Balaban J connectivity index is 3.95. The molecule has 0 saturated heterocycles.